The number of carbonyl (C=O) groups excluding carboxylic acids is 1. The summed E-state index contributed by atoms with van der Waals surface area (Å²) in [6.07, 6.45) is 0.812. The second-order valence-corrected chi connectivity index (χ2v) is 7.34. The van der Waals surface area contributed by atoms with Crippen molar-refractivity contribution >= 4 is 17.2 Å². The van der Waals surface area contributed by atoms with Crippen LogP contribution in [-0.4, -0.2) is 17.4 Å². The molecule has 0 bridgehead atoms. The van der Waals surface area contributed by atoms with Crippen molar-refractivity contribution in [3.05, 3.63) is 75.1 Å². The molecule has 1 amide bonds. The molecular weight excluding hydrogens is 328 g/mol. The lowest BCUT2D eigenvalue weighted by molar-refractivity contribution is 0.0953. The number of aryl methyl sites for hydroxylation is 3. The van der Waals surface area contributed by atoms with Crippen molar-refractivity contribution in [2.24, 2.45) is 0 Å². The number of hydrogen-bond acceptors (Lipinski definition) is 3. The number of nitrogens with zero attached hydrogens (tertiary/aromatic N) is 1. The molecule has 1 heterocycles. The maximum atomic E-state index is 12.3. The summed E-state index contributed by atoms with van der Waals surface area (Å²) in [5.74, 6) is -0.00392. The van der Waals surface area contributed by atoms with Gasteiger partial charge < -0.3 is 5.32 Å². The highest BCUT2D eigenvalue weighted by Crippen LogP contribution is 2.21. The normalized spacial score (nSPS) is 10.7. The Bertz CT molecular complexity index is 881. The van der Waals surface area contributed by atoms with Gasteiger partial charge in [-0.3, -0.25) is 4.79 Å². The van der Waals surface area contributed by atoms with Gasteiger partial charge in [-0.15, -0.1) is 11.3 Å². The minimum atomic E-state index is -0.00392. The first-order chi connectivity index (χ1) is 12.0. The van der Waals surface area contributed by atoms with E-state index in [1.54, 1.807) is 11.3 Å². The van der Waals surface area contributed by atoms with Crippen LogP contribution in [0.3, 0.4) is 0 Å². The number of rotatable bonds is 5. The summed E-state index contributed by atoms with van der Waals surface area (Å²) in [5.41, 5.74) is 6.23. The minimum absolute atomic E-state index is 0.00392. The monoisotopic (exact) mass is 350 g/mol. The van der Waals surface area contributed by atoms with E-state index in [9.17, 15) is 4.79 Å². The Morgan fingerprint density at radius 2 is 1.84 bits per heavy atom. The first-order valence-electron chi connectivity index (χ1n) is 8.40. The molecule has 0 aliphatic carbocycles. The van der Waals surface area contributed by atoms with Crippen molar-refractivity contribution in [1.82, 2.24) is 10.3 Å². The molecule has 2 aromatic carbocycles. The van der Waals surface area contributed by atoms with E-state index in [1.807, 2.05) is 39.0 Å². The zero-order valence-electron chi connectivity index (χ0n) is 14.8. The molecular formula is C21H22N2OS. The van der Waals surface area contributed by atoms with Gasteiger partial charge in [-0.2, -0.15) is 0 Å². The lowest BCUT2D eigenvalue weighted by atomic mass is 10.0. The van der Waals surface area contributed by atoms with Crippen molar-refractivity contribution in [1.29, 1.82) is 0 Å². The van der Waals surface area contributed by atoms with Gasteiger partial charge >= 0.3 is 0 Å². The molecule has 0 atom stereocenters. The second-order valence-electron chi connectivity index (χ2n) is 6.27. The van der Waals surface area contributed by atoms with Crippen LogP contribution in [0.2, 0.25) is 0 Å². The predicted molar refractivity (Wildman–Crippen MR) is 104 cm³/mol. The fourth-order valence-corrected chi connectivity index (χ4v) is 3.36. The first-order valence-corrected chi connectivity index (χ1v) is 9.28. The average Bonchev–Trinajstić information content (AvgIpc) is 3.04. The molecule has 0 saturated carbocycles. The number of carbonyl (C=O) groups is 1. The predicted octanol–water partition coefficient (Wildman–Crippen LogP) is 4.71. The third-order valence-corrected chi connectivity index (χ3v) is 4.98. The van der Waals surface area contributed by atoms with E-state index in [-0.39, 0.29) is 5.91 Å². The highest BCUT2D eigenvalue weighted by molar-refractivity contribution is 7.09. The highest BCUT2D eigenvalue weighted by atomic mass is 32.1. The number of amides is 1. The van der Waals surface area contributed by atoms with Crippen LogP contribution < -0.4 is 5.32 Å². The zero-order chi connectivity index (χ0) is 17.8. The fraction of sp³-hybridized carbons (Fsp3) is 0.238. The Morgan fingerprint density at radius 3 is 2.52 bits per heavy atom. The molecule has 0 radical (unpaired) electrons. The lowest BCUT2D eigenvalue weighted by Crippen LogP contribution is -2.26. The van der Waals surface area contributed by atoms with E-state index in [1.165, 1.54) is 5.56 Å². The molecule has 128 valence electrons. The van der Waals surface area contributed by atoms with E-state index in [0.717, 1.165) is 39.4 Å². The standard InChI is InChI=1S/C21H22N2OS/c1-14-4-5-15(2)19(12-14)21(24)22-11-10-17-6-8-18(9-7-17)20-13-25-16(3)23-20/h4-9,12-13H,10-11H2,1-3H3,(H,22,24). The molecule has 1 aromatic heterocycles. The molecule has 0 spiro atoms. The molecule has 3 aromatic rings. The molecule has 0 unspecified atom stereocenters. The van der Waals surface area contributed by atoms with Crippen molar-refractivity contribution in [2.45, 2.75) is 27.2 Å². The van der Waals surface area contributed by atoms with Crippen molar-refractivity contribution < 1.29 is 4.79 Å². The van der Waals surface area contributed by atoms with E-state index in [0.29, 0.717) is 6.54 Å². The van der Waals surface area contributed by atoms with Crippen LogP contribution >= 0.6 is 11.3 Å². The molecule has 1 N–H and O–H groups in total. The zero-order valence-corrected chi connectivity index (χ0v) is 15.6. The van der Waals surface area contributed by atoms with Crippen molar-refractivity contribution in [2.75, 3.05) is 6.54 Å². The number of thiazole rings is 1. The summed E-state index contributed by atoms with van der Waals surface area (Å²) >= 11 is 1.66. The first kappa shape index (κ1) is 17.4. The average molecular weight is 350 g/mol. The van der Waals surface area contributed by atoms with Crippen LogP contribution in [0.1, 0.15) is 32.1 Å². The molecule has 0 saturated heterocycles. The summed E-state index contributed by atoms with van der Waals surface area (Å²) < 4.78 is 0. The molecule has 0 fully saturated rings. The highest BCUT2D eigenvalue weighted by Gasteiger charge is 2.08. The van der Waals surface area contributed by atoms with Gasteiger partial charge in [-0.1, -0.05) is 42.0 Å². The van der Waals surface area contributed by atoms with Gasteiger partial charge in [-0.05, 0) is 44.4 Å². The summed E-state index contributed by atoms with van der Waals surface area (Å²) in [6.45, 7) is 6.61. The Kier molecular flexibility index (Phi) is 5.29. The molecule has 4 heteroatoms. The number of aromatic nitrogens is 1. The fourth-order valence-electron chi connectivity index (χ4n) is 2.73. The summed E-state index contributed by atoms with van der Waals surface area (Å²) in [4.78, 5) is 16.8. The summed E-state index contributed by atoms with van der Waals surface area (Å²) in [7, 11) is 0. The van der Waals surface area contributed by atoms with E-state index in [2.05, 4.69) is 39.9 Å². The van der Waals surface area contributed by atoms with Crippen LogP contribution in [0, 0.1) is 20.8 Å². The maximum Gasteiger partial charge on any atom is 0.251 e. The lowest BCUT2D eigenvalue weighted by Gasteiger charge is -2.09. The molecule has 3 rings (SSSR count). The van der Waals surface area contributed by atoms with Gasteiger partial charge in [0.1, 0.15) is 0 Å². The van der Waals surface area contributed by atoms with Crippen LogP contribution in [0.15, 0.2) is 47.8 Å². The SMILES string of the molecule is Cc1ccc(C)c(C(=O)NCCc2ccc(-c3csc(C)n3)cc2)c1. The summed E-state index contributed by atoms with van der Waals surface area (Å²) in [6, 6.07) is 14.4. The van der Waals surface area contributed by atoms with E-state index < -0.39 is 0 Å². The van der Waals surface area contributed by atoms with E-state index in [4.69, 9.17) is 0 Å². The van der Waals surface area contributed by atoms with Gasteiger partial charge in [0, 0.05) is 23.1 Å². The summed E-state index contributed by atoms with van der Waals surface area (Å²) in [5, 5.41) is 6.17. The van der Waals surface area contributed by atoms with Crippen LogP contribution in [0.25, 0.3) is 11.3 Å². The third kappa shape index (κ3) is 4.34. The number of nitrogens with one attached hydrogen (secondary N) is 1. The Labute approximate surface area is 152 Å². The quantitative estimate of drug-likeness (QED) is 0.724. The van der Waals surface area contributed by atoms with Crippen LogP contribution in [-0.2, 0) is 6.42 Å². The van der Waals surface area contributed by atoms with Gasteiger partial charge in [-0.25, -0.2) is 4.98 Å². The Hall–Kier alpha value is -2.46. The molecule has 0 aliphatic heterocycles. The molecule has 25 heavy (non-hydrogen) atoms. The van der Waals surface area contributed by atoms with Gasteiger partial charge in [0.15, 0.2) is 0 Å². The number of benzene rings is 2. The van der Waals surface area contributed by atoms with Gasteiger partial charge in [0.25, 0.3) is 5.91 Å². The second kappa shape index (κ2) is 7.62. The minimum Gasteiger partial charge on any atom is -0.352 e. The largest absolute Gasteiger partial charge is 0.352 e. The number of hydrogen-bond donors (Lipinski definition) is 1. The maximum absolute atomic E-state index is 12.3. The van der Waals surface area contributed by atoms with Crippen LogP contribution in [0.5, 0.6) is 0 Å². The van der Waals surface area contributed by atoms with Crippen molar-refractivity contribution in [3.8, 4) is 11.3 Å². The molecule has 3 nitrogen and oxygen atoms in total. The third-order valence-electron chi connectivity index (χ3n) is 4.21. The van der Waals surface area contributed by atoms with Crippen molar-refractivity contribution in [3.63, 3.8) is 0 Å². The smallest absolute Gasteiger partial charge is 0.251 e. The topological polar surface area (TPSA) is 42.0 Å². The Balaban J connectivity index is 1.57. The van der Waals surface area contributed by atoms with Crippen LogP contribution in [0.4, 0.5) is 0 Å². The van der Waals surface area contributed by atoms with Gasteiger partial charge in [0.2, 0.25) is 0 Å². The van der Waals surface area contributed by atoms with Gasteiger partial charge in [0.05, 0.1) is 10.7 Å². The molecule has 0 aliphatic rings. The Morgan fingerprint density at radius 1 is 1.08 bits per heavy atom. The van der Waals surface area contributed by atoms with E-state index >= 15 is 0 Å².